The van der Waals surface area contributed by atoms with Gasteiger partial charge in [0.25, 0.3) is 0 Å². The molecule has 0 bridgehead atoms. The molecule has 0 spiro atoms. The number of nitrogens with two attached hydrogens (primary N) is 2. The lowest BCUT2D eigenvalue weighted by Gasteiger charge is -2.23. The smallest absolute Gasteiger partial charge is 0.233 e. The van der Waals surface area contributed by atoms with Crippen molar-refractivity contribution >= 4 is 40.6 Å². The third-order valence-electron chi connectivity index (χ3n) is 4.80. The Morgan fingerprint density at radius 3 is 1.48 bits per heavy atom. The van der Waals surface area contributed by atoms with E-state index in [9.17, 15) is 0 Å². The third-order valence-corrected chi connectivity index (χ3v) is 4.80. The molecule has 8 heteroatoms. The fourth-order valence-electron chi connectivity index (χ4n) is 3.02. The fraction of sp³-hybridized carbons (Fsp3) is 0.348. The molecule has 0 fully saturated rings. The molecule has 6 N–H and O–H groups in total. The second-order valence-electron chi connectivity index (χ2n) is 7.47. The average molecular weight is 421 g/mol. The van der Waals surface area contributed by atoms with Crippen molar-refractivity contribution in [3.05, 3.63) is 48.5 Å². The topological polar surface area (TPSA) is 118 Å². The van der Waals surface area contributed by atoms with Gasteiger partial charge in [0.2, 0.25) is 17.8 Å². The molecule has 0 unspecified atom stereocenters. The minimum absolute atomic E-state index is 0.478. The SMILES string of the molecule is CCCCN(CCCC)c1nc(Nc2ccc(N)cc2)nc(Nc2ccc(N)cc2)n1. The zero-order valence-electron chi connectivity index (χ0n) is 18.3. The van der Waals surface area contributed by atoms with Crippen molar-refractivity contribution < 1.29 is 0 Å². The molecule has 0 saturated heterocycles. The zero-order valence-corrected chi connectivity index (χ0v) is 18.3. The first-order valence-corrected chi connectivity index (χ1v) is 10.8. The van der Waals surface area contributed by atoms with E-state index in [2.05, 4.69) is 34.4 Å². The fourth-order valence-corrected chi connectivity index (χ4v) is 3.02. The van der Waals surface area contributed by atoms with Crippen LogP contribution in [0.5, 0.6) is 0 Å². The normalized spacial score (nSPS) is 10.6. The monoisotopic (exact) mass is 420 g/mol. The number of unbranched alkanes of at least 4 members (excludes halogenated alkanes) is 2. The Morgan fingerprint density at radius 2 is 1.10 bits per heavy atom. The van der Waals surface area contributed by atoms with Crippen molar-refractivity contribution in [3.63, 3.8) is 0 Å². The van der Waals surface area contributed by atoms with Gasteiger partial charge in [0.1, 0.15) is 0 Å². The van der Waals surface area contributed by atoms with Crippen LogP contribution in [0, 0.1) is 0 Å². The molecule has 3 rings (SSSR count). The van der Waals surface area contributed by atoms with Gasteiger partial charge in [-0.05, 0) is 61.4 Å². The van der Waals surface area contributed by atoms with E-state index < -0.39 is 0 Å². The van der Waals surface area contributed by atoms with Gasteiger partial charge in [0, 0.05) is 35.8 Å². The maximum absolute atomic E-state index is 5.80. The van der Waals surface area contributed by atoms with Crippen LogP contribution in [0.15, 0.2) is 48.5 Å². The van der Waals surface area contributed by atoms with E-state index in [0.29, 0.717) is 29.2 Å². The standard InChI is InChI=1S/C23H32N8/c1-3-5-15-31(16-6-4-2)23-29-21(26-19-11-7-17(24)8-12-19)28-22(30-23)27-20-13-9-18(25)10-14-20/h7-14H,3-6,15-16,24-25H2,1-2H3,(H2,26,27,28,29,30). The highest BCUT2D eigenvalue weighted by atomic mass is 15.3. The Labute approximate surface area is 184 Å². The van der Waals surface area contributed by atoms with Crippen LogP contribution in [0.4, 0.5) is 40.6 Å². The summed E-state index contributed by atoms with van der Waals surface area (Å²) in [6.45, 7) is 6.19. The molecule has 0 atom stereocenters. The van der Waals surface area contributed by atoms with Crippen LogP contribution in [-0.4, -0.2) is 28.0 Å². The van der Waals surface area contributed by atoms with Crippen LogP contribution < -0.4 is 27.0 Å². The van der Waals surface area contributed by atoms with Crippen molar-refractivity contribution in [1.29, 1.82) is 0 Å². The van der Waals surface area contributed by atoms with Gasteiger partial charge in [-0.1, -0.05) is 26.7 Å². The Bertz CT molecular complexity index is 867. The molecule has 0 aliphatic rings. The number of rotatable bonds is 11. The second kappa shape index (κ2) is 11.0. The summed E-state index contributed by atoms with van der Waals surface area (Å²) in [6, 6.07) is 15.0. The van der Waals surface area contributed by atoms with E-state index in [-0.39, 0.29) is 0 Å². The lowest BCUT2D eigenvalue weighted by atomic mass is 10.3. The van der Waals surface area contributed by atoms with Crippen LogP contribution in [0.2, 0.25) is 0 Å². The van der Waals surface area contributed by atoms with E-state index in [4.69, 9.17) is 21.4 Å². The molecule has 3 aromatic rings. The number of nitrogens with one attached hydrogen (secondary N) is 2. The second-order valence-corrected chi connectivity index (χ2v) is 7.47. The highest BCUT2D eigenvalue weighted by molar-refractivity contribution is 5.62. The Hall–Kier alpha value is -3.55. The minimum atomic E-state index is 0.478. The summed E-state index contributed by atoms with van der Waals surface area (Å²) in [7, 11) is 0. The van der Waals surface area contributed by atoms with Crippen LogP contribution >= 0.6 is 0 Å². The van der Waals surface area contributed by atoms with Gasteiger partial charge >= 0.3 is 0 Å². The predicted octanol–water partition coefficient (Wildman–Crippen LogP) is 4.93. The molecule has 0 saturated carbocycles. The molecular weight excluding hydrogens is 388 g/mol. The van der Waals surface area contributed by atoms with E-state index >= 15 is 0 Å². The number of nitrogen functional groups attached to an aromatic ring is 2. The number of anilines is 7. The van der Waals surface area contributed by atoms with Gasteiger partial charge in [-0.15, -0.1) is 0 Å². The summed E-state index contributed by atoms with van der Waals surface area (Å²) in [6.07, 6.45) is 4.38. The third kappa shape index (κ3) is 6.74. The summed E-state index contributed by atoms with van der Waals surface area (Å²) >= 11 is 0. The number of nitrogens with zero attached hydrogens (tertiary/aromatic N) is 4. The maximum atomic E-state index is 5.80. The van der Waals surface area contributed by atoms with E-state index in [0.717, 1.165) is 50.1 Å². The lowest BCUT2D eigenvalue weighted by molar-refractivity contribution is 0.662. The summed E-state index contributed by atoms with van der Waals surface area (Å²) in [5.41, 5.74) is 14.7. The van der Waals surface area contributed by atoms with Gasteiger partial charge in [-0.25, -0.2) is 0 Å². The zero-order chi connectivity index (χ0) is 22.1. The van der Waals surface area contributed by atoms with E-state index in [1.165, 1.54) is 0 Å². The van der Waals surface area contributed by atoms with Crippen LogP contribution in [0.25, 0.3) is 0 Å². The quantitative estimate of drug-likeness (QED) is 0.323. The predicted molar refractivity (Wildman–Crippen MR) is 130 cm³/mol. The van der Waals surface area contributed by atoms with E-state index in [1.54, 1.807) is 0 Å². The van der Waals surface area contributed by atoms with Crippen molar-refractivity contribution in [3.8, 4) is 0 Å². The number of hydrogen-bond donors (Lipinski definition) is 4. The number of aromatic nitrogens is 3. The average Bonchev–Trinajstić information content (AvgIpc) is 2.77. The Morgan fingerprint density at radius 1 is 0.677 bits per heavy atom. The summed E-state index contributed by atoms with van der Waals surface area (Å²) in [4.78, 5) is 16.2. The number of benzene rings is 2. The Balaban J connectivity index is 1.92. The molecule has 2 aromatic carbocycles. The van der Waals surface area contributed by atoms with Crippen molar-refractivity contribution in [1.82, 2.24) is 15.0 Å². The van der Waals surface area contributed by atoms with Gasteiger partial charge in [0.15, 0.2) is 0 Å². The van der Waals surface area contributed by atoms with Crippen LogP contribution in [0.1, 0.15) is 39.5 Å². The molecular formula is C23H32N8. The van der Waals surface area contributed by atoms with Gasteiger partial charge < -0.3 is 27.0 Å². The van der Waals surface area contributed by atoms with Gasteiger partial charge in [-0.3, -0.25) is 0 Å². The first-order chi connectivity index (χ1) is 15.1. The van der Waals surface area contributed by atoms with Crippen LogP contribution in [-0.2, 0) is 0 Å². The largest absolute Gasteiger partial charge is 0.399 e. The highest BCUT2D eigenvalue weighted by Gasteiger charge is 2.14. The van der Waals surface area contributed by atoms with E-state index in [1.807, 2.05) is 48.5 Å². The maximum Gasteiger partial charge on any atom is 0.233 e. The molecule has 0 aliphatic carbocycles. The molecule has 31 heavy (non-hydrogen) atoms. The van der Waals surface area contributed by atoms with Gasteiger partial charge in [-0.2, -0.15) is 15.0 Å². The molecule has 1 aromatic heterocycles. The summed E-state index contributed by atoms with van der Waals surface area (Å²) < 4.78 is 0. The molecule has 0 aliphatic heterocycles. The molecule has 0 radical (unpaired) electrons. The Kier molecular flexibility index (Phi) is 7.86. The first-order valence-electron chi connectivity index (χ1n) is 10.8. The molecule has 0 amide bonds. The van der Waals surface area contributed by atoms with Crippen molar-refractivity contribution in [2.24, 2.45) is 0 Å². The summed E-state index contributed by atoms with van der Waals surface area (Å²) in [5, 5.41) is 6.54. The first kappa shape index (κ1) is 22.1. The van der Waals surface area contributed by atoms with Crippen molar-refractivity contribution in [2.75, 3.05) is 40.1 Å². The van der Waals surface area contributed by atoms with Gasteiger partial charge in [0.05, 0.1) is 0 Å². The molecule has 164 valence electrons. The molecule has 8 nitrogen and oxygen atoms in total. The summed E-state index contributed by atoms with van der Waals surface area (Å²) in [5.74, 6) is 1.62. The van der Waals surface area contributed by atoms with Crippen LogP contribution in [0.3, 0.4) is 0 Å². The highest BCUT2D eigenvalue weighted by Crippen LogP contribution is 2.22. The minimum Gasteiger partial charge on any atom is -0.399 e. The molecule has 1 heterocycles. The lowest BCUT2D eigenvalue weighted by Crippen LogP contribution is -2.28. The van der Waals surface area contributed by atoms with Crippen molar-refractivity contribution in [2.45, 2.75) is 39.5 Å². The number of hydrogen-bond acceptors (Lipinski definition) is 8.